The van der Waals surface area contributed by atoms with Crippen molar-refractivity contribution in [3.05, 3.63) is 70.9 Å². The van der Waals surface area contributed by atoms with Crippen molar-refractivity contribution in [1.82, 2.24) is 14.8 Å². The zero-order chi connectivity index (χ0) is 18.2. The van der Waals surface area contributed by atoms with E-state index in [4.69, 9.17) is 11.6 Å². The summed E-state index contributed by atoms with van der Waals surface area (Å²) >= 11 is 6.40. The Kier molecular flexibility index (Phi) is 7.53. The van der Waals surface area contributed by atoms with Gasteiger partial charge in [-0.2, -0.15) is 0 Å². The molecule has 1 aromatic heterocycles. The van der Waals surface area contributed by atoms with Gasteiger partial charge in [-0.25, -0.2) is 0 Å². The van der Waals surface area contributed by atoms with Crippen LogP contribution in [0, 0.1) is 5.92 Å². The average molecular weight is 453 g/mol. The third-order valence-electron chi connectivity index (χ3n) is 6.38. The SMILES string of the molecule is Cl.Cl.Clc1ccccc1Cn1cc(CNC2CN3CCC2CC3)c2ccccc21. The third-order valence-corrected chi connectivity index (χ3v) is 6.75. The Morgan fingerprint density at radius 3 is 2.38 bits per heavy atom. The van der Waals surface area contributed by atoms with Crippen molar-refractivity contribution in [3.8, 4) is 0 Å². The number of benzene rings is 2. The molecule has 0 aliphatic carbocycles. The molecular weight excluding hydrogens is 425 g/mol. The molecule has 0 amide bonds. The smallest absolute Gasteiger partial charge is 0.0491 e. The Morgan fingerprint density at radius 2 is 1.66 bits per heavy atom. The van der Waals surface area contributed by atoms with Gasteiger partial charge >= 0.3 is 0 Å². The van der Waals surface area contributed by atoms with E-state index in [1.807, 2.05) is 12.1 Å². The lowest BCUT2D eigenvalue weighted by molar-refractivity contribution is 0.0720. The van der Waals surface area contributed by atoms with Crippen LogP contribution in [0.2, 0.25) is 5.02 Å². The van der Waals surface area contributed by atoms with Gasteiger partial charge < -0.3 is 14.8 Å². The van der Waals surface area contributed by atoms with Crippen molar-refractivity contribution in [1.29, 1.82) is 0 Å². The first-order valence-corrected chi connectivity index (χ1v) is 10.4. The van der Waals surface area contributed by atoms with Crippen LogP contribution < -0.4 is 5.32 Å². The molecule has 2 bridgehead atoms. The highest BCUT2D eigenvalue weighted by atomic mass is 35.5. The van der Waals surface area contributed by atoms with E-state index in [-0.39, 0.29) is 24.8 Å². The number of hydrogen-bond acceptors (Lipinski definition) is 2. The second-order valence-electron chi connectivity index (χ2n) is 8.02. The fourth-order valence-corrected chi connectivity index (χ4v) is 5.04. The van der Waals surface area contributed by atoms with Gasteiger partial charge in [0.15, 0.2) is 0 Å². The first-order valence-electron chi connectivity index (χ1n) is 10.0. The first-order chi connectivity index (χ1) is 13.3. The van der Waals surface area contributed by atoms with Gasteiger partial charge in [0.05, 0.1) is 0 Å². The van der Waals surface area contributed by atoms with E-state index in [0.29, 0.717) is 6.04 Å². The molecule has 29 heavy (non-hydrogen) atoms. The normalized spacial score (nSPS) is 22.9. The number of para-hydroxylation sites is 1. The molecule has 3 aliphatic heterocycles. The number of nitrogens with one attached hydrogen (secondary N) is 1. The highest BCUT2D eigenvalue weighted by molar-refractivity contribution is 6.31. The zero-order valence-electron chi connectivity index (χ0n) is 16.4. The number of aromatic nitrogens is 1. The predicted octanol–water partition coefficient (Wildman–Crippen LogP) is 5.37. The fourth-order valence-electron chi connectivity index (χ4n) is 4.84. The summed E-state index contributed by atoms with van der Waals surface area (Å²) in [4.78, 5) is 2.61. The number of nitrogens with zero attached hydrogens (tertiary/aromatic N) is 2. The van der Waals surface area contributed by atoms with Crippen LogP contribution in [0.3, 0.4) is 0 Å². The Labute approximate surface area is 190 Å². The van der Waals surface area contributed by atoms with E-state index >= 15 is 0 Å². The van der Waals surface area contributed by atoms with Crippen molar-refractivity contribution in [2.24, 2.45) is 5.92 Å². The summed E-state index contributed by atoms with van der Waals surface area (Å²) in [6.45, 7) is 5.54. The minimum Gasteiger partial charge on any atom is -0.343 e. The predicted molar refractivity (Wildman–Crippen MR) is 127 cm³/mol. The summed E-state index contributed by atoms with van der Waals surface area (Å²) in [5, 5.41) is 6.05. The van der Waals surface area contributed by atoms with E-state index in [0.717, 1.165) is 29.6 Å². The van der Waals surface area contributed by atoms with Gasteiger partial charge in [0.2, 0.25) is 0 Å². The van der Waals surface area contributed by atoms with Gasteiger partial charge in [-0.3, -0.25) is 0 Å². The Hall–Kier alpha value is -1.23. The molecule has 4 heterocycles. The van der Waals surface area contributed by atoms with E-state index in [2.05, 4.69) is 57.4 Å². The molecule has 156 valence electrons. The van der Waals surface area contributed by atoms with Gasteiger partial charge in [-0.05, 0) is 55.1 Å². The Balaban J connectivity index is 0.00000120. The van der Waals surface area contributed by atoms with Gasteiger partial charge in [0.1, 0.15) is 0 Å². The molecule has 3 aromatic rings. The second-order valence-corrected chi connectivity index (χ2v) is 8.42. The van der Waals surface area contributed by atoms with Crippen LogP contribution >= 0.6 is 36.4 Å². The number of rotatable bonds is 5. The topological polar surface area (TPSA) is 20.2 Å². The summed E-state index contributed by atoms with van der Waals surface area (Å²) in [5.74, 6) is 0.853. The maximum absolute atomic E-state index is 6.40. The molecule has 1 N–H and O–H groups in total. The van der Waals surface area contributed by atoms with Crippen LogP contribution in [0.5, 0.6) is 0 Å². The molecule has 0 radical (unpaired) electrons. The lowest BCUT2D eigenvalue weighted by atomic mass is 9.84. The molecule has 0 saturated carbocycles. The molecule has 6 heteroatoms. The highest BCUT2D eigenvalue weighted by Gasteiger charge is 2.33. The van der Waals surface area contributed by atoms with Crippen LogP contribution in [0.1, 0.15) is 24.0 Å². The minimum absolute atomic E-state index is 0. The maximum Gasteiger partial charge on any atom is 0.0491 e. The van der Waals surface area contributed by atoms with Crippen molar-refractivity contribution in [2.45, 2.75) is 32.0 Å². The van der Waals surface area contributed by atoms with Gasteiger partial charge in [0.25, 0.3) is 0 Å². The van der Waals surface area contributed by atoms with Crippen molar-refractivity contribution in [2.75, 3.05) is 19.6 Å². The molecule has 3 saturated heterocycles. The highest BCUT2D eigenvalue weighted by Crippen LogP contribution is 2.29. The van der Waals surface area contributed by atoms with Crippen LogP contribution in [-0.2, 0) is 13.1 Å². The van der Waals surface area contributed by atoms with E-state index in [1.54, 1.807) is 0 Å². The quantitative estimate of drug-likeness (QED) is 0.561. The molecule has 2 aromatic carbocycles. The van der Waals surface area contributed by atoms with E-state index < -0.39 is 0 Å². The number of halogens is 3. The van der Waals surface area contributed by atoms with Crippen molar-refractivity contribution in [3.63, 3.8) is 0 Å². The maximum atomic E-state index is 6.40. The average Bonchev–Trinajstić information content (AvgIpc) is 3.07. The third kappa shape index (κ3) is 4.60. The van der Waals surface area contributed by atoms with Crippen LogP contribution in [0.15, 0.2) is 54.7 Å². The van der Waals surface area contributed by atoms with Gasteiger partial charge in [-0.15, -0.1) is 24.8 Å². The number of hydrogen-bond donors (Lipinski definition) is 1. The first kappa shape index (κ1) is 22.5. The molecule has 3 fully saturated rings. The molecule has 3 nitrogen and oxygen atoms in total. The minimum atomic E-state index is 0. The summed E-state index contributed by atoms with van der Waals surface area (Å²) in [6, 6.07) is 17.5. The standard InChI is InChI=1S/C23H26ClN3.2ClH/c24-21-7-3-1-5-18(21)14-27-15-19(20-6-2-4-8-23(20)27)13-25-22-16-26-11-9-17(22)10-12-26;;/h1-8,15,17,22,25H,9-14,16H2;2*1H. The fraction of sp³-hybridized carbons (Fsp3) is 0.391. The van der Waals surface area contributed by atoms with E-state index in [1.165, 1.54) is 48.9 Å². The van der Waals surface area contributed by atoms with Crippen molar-refractivity contribution < 1.29 is 0 Å². The molecule has 1 atom stereocenters. The lowest BCUT2D eigenvalue weighted by Gasteiger charge is -2.45. The number of piperidine rings is 3. The molecule has 6 rings (SSSR count). The molecule has 3 aliphatic rings. The molecular formula is C23H28Cl3N3. The monoisotopic (exact) mass is 451 g/mol. The van der Waals surface area contributed by atoms with E-state index in [9.17, 15) is 0 Å². The Morgan fingerprint density at radius 1 is 0.931 bits per heavy atom. The van der Waals surface area contributed by atoms with Gasteiger partial charge in [0, 0.05) is 47.8 Å². The summed E-state index contributed by atoms with van der Waals surface area (Å²) < 4.78 is 2.34. The van der Waals surface area contributed by atoms with Crippen molar-refractivity contribution >= 4 is 47.3 Å². The number of fused-ring (bicyclic) bond motifs is 4. The lowest BCUT2D eigenvalue weighted by Crippen LogP contribution is -2.55. The summed E-state index contributed by atoms with van der Waals surface area (Å²) in [6.07, 6.45) is 5.01. The summed E-state index contributed by atoms with van der Waals surface area (Å²) in [7, 11) is 0. The second kappa shape index (κ2) is 9.72. The molecule has 0 spiro atoms. The van der Waals surface area contributed by atoms with Crippen LogP contribution in [0.25, 0.3) is 10.9 Å². The largest absolute Gasteiger partial charge is 0.343 e. The van der Waals surface area contributed by atoms with Crippen LogP contribution in [-0.4, -0.2) is 35.1 Å². The molecule has 1 unspecified atom stereocenters. The zero-order valence-corrected chi connectivity index (χ0v) is 18.8. The summed E-state index contributed by atoms with van der Waals surface area (Å²) in [5.41, 5.74) is 3.83. The Bertz CT molecular complexity index is 947. The van der Waals surface area contributed by atoms with Gasteiger partial charge in [-0.1, -0.05) is 48.0 Å². The van der Waals surface area contributed by atoms with Crippen LogP contribution in [0.4, 0.5) is 0 Å².